The Morgan fingerprint density at radius 2 is 1.34 bits per heavy atom. The van der Waals surface area contributed by atoms with Crippen molar-refractivity contribution in [2.75, 3.05) is 6.54 Å². The van der Waals surface area contributed by atoms with Crippen LogP contribution >= 0.6 is 0 Å². The Labute approximate surface area is 169 Å². The maximum absolute atomic E-state index is 11.9. The topological polar surface area (TPSA) is 182 Å². The van der Waals surface area contributed by atoms with Crippen molar-refractivity contribution in [2.24, 2.45) is 0 Å². The van der Waals surface area contributed by atoms with Crippen molar-refractivity contribution in [3.63, 3.8) is 0 Å². The van der Waals surface area contributed by atoms with Gasteiger partial charge in [0, 0.05) is 19.4 Å². The van der Waals surface area contributed by atoms with Gasteiger partial charge in [-0.15, -0.1) is 0 Å². The minimum Gasteiger partial charge on any atom is -0.481 e. The number of hydrogen-bond acceptors (Lipinski definition) is 5. The van der Waals surface area contributed by atoms with E-state index in [1.54, 1.807) is 0 Å². The van der Waals surface area contributed by atoms with Crippen molar-refractivity contribution >= 4 is 29.8 Å². The number of unbranched alkanes of at least 4 members (excludes halogenated alkanes) is 3. The van der Waals surface area contributed by atoms with Crippen LogP contribution in [0.2, 0.25) is 0 Å². The zero-order valence-corrected chi connectivity index (χ0v) is 16.6. The molecule has 166 valence electrons. The summed E-state index contributed by atoms with van der Waals surface area (Å²) in [6.07, 6.45) is 3.57. The van der Waals surface area contributed by atoms with E-state index in [0.717, 1.165) is 19.3 Å². The van der Waals surface area contributed by atoms with Crippen molar-refractivity contribution in [2.45, 2.75) is 76.8 Å². The van der Waals surface area contributed by atoms with Crippen LogP contribution in [0, 0.1) is 0 Å². The van der Waals surface area contributed by atoms with Gasteiger partial charge in [0.15, 0.2) is 0 Å². The summed E-state index contributed by atoms with van der Waals surface area (Å²) in [4.78, 5) is 56.3. The minimum atomic E-state index is -1.44. The maximum atomic E-state index is 11.9. The number of carboxylic acid groups (broad SMARTS) is 3. The molecule has 0 heterocycles. The quantitative estimate of drug-likeness (QED) is 0.200. The van der Waals surface area contributed by atoms with E-state index in [-0.39, 0.29) is 18.7 Å². The minimum absolute atomic E-state index is 0.0492. The molecule has 3 amide bonds. The Balaban J connectivity index is 4.28. The first-order chi connectivity index (χ1) is 13.7. The normalized spacial score (nSPS) is 12.4. The molecular formula is C18H31N3O8. The second-order valence-electron chi connectivity index (χ2n) is 6.63. The number of carbonyl (C=O) groups is 5. The molecule has 0 aliphatic rings. The van der Waals surface area contributed by atoms with Crippen LogP contribution < -0.4 is 16.0 Å². The maximum Gasteiger partial charge on any atom is 0.326 e. The van der Waals surface area contributed by atoms with Gasteiger partial charge in [-0.05, 0) is 32.1 Å². The first-order valence-corrected chi connectivity index (χ1v) is 9.68. The predicted octanol–water partition coefficient (Wildman–Crippen LogP) is 0.924. The lowest BCUT2D eigenvalue weighted by Gasteiger charge is -2.18. The molecule has 2 atom stereocenters. The number of nitrogens with one attached hydrogen (secondary N) is 3. The second kappa shape index (κ2) is 15.1. The van der Waals surface area contributed by atoms with Gasteiger partial charge in [-0.3, -0.25) is 9.59 Å². The van der Waals surface area contributed by atoms with Gasteiger partial charge in [0.05, 0.1) is 0 Å². The molecule has 11 nitrogen and oxygen atoms in total. The van der Waals surface area contributed by atoms with Crippen molar-refractivity contribution in [3.05, 3.63) is 0 Å². The summed E-state index contributed by atoms with van der Waals surface area (Å²) in [6, 6.07) is -3.67. The Morgan fingerprint density at radius 1 is 0.759 bits per heavy atom. The molecule has 0 bridgehead atoms. The van der Waals surface area contributed by atoms with Gasteiger partial charge in [-0.1, -0.05) is 19.8 Å². The molecule has 0 rings (SSSR count). The van der Waals surface area contributed by atoms with E-state index in [4.69, 9.17) is 10.2 Å². The first kappa shape index (κ1) is 26.1. The summed E-state index contributed by atoms with van der Waals surface area (Å²) in [7, 11) is 0. The number of amides is 3. The lowest BCUT2D eigenvalue weighted by Crippen LogP contribution is -2.51. The first-order valence-electron chi connectivity index (χ1n) is 9.68. The Bertz CT molecular complexity index is 567. The molecule has 29 heavy (non-hydrogen) atoms. The van der Waals surface area contributed by atoms with Crippen LogP contribution in [-0.2, 0) is 19.2 Å². The molecule has 0 fully saturated rings. The summed E-state index contributed by atoms with van der Waals surface area (Å²) in [5, 5.41) is 33.8. The number of carboxylic acids is 3. The number of rotatable bonds is 16. The monoisotopic (exact) mass is 417 g/mol. The van der Waals surface area contributed by atoms with E-state index in [2.05, 4.69) is 16.0 Å². The standard InChI is InChI=1S/C18H31N3O8/c1-2-3-4-8-14(22)19-11-6-5-7-12(16(25)26)20-18(29)21-13(17(27)28)9-10-15(23)24/h12-13H,2-11H2,1H3,(H,19,22)(H,23,24)(H,25,26)(H,27,28)(H2,20,21,29). The van der Waals surface area contributed by atoms with Crippen molar-refractivity contribution < 1.29 is 39.3 Å². The molecule has 0 radical (unpaired) electrons. The zero-order chi connectivity index (χ0) is 22.2. The molecule has 0 aromatic heterocycles. The molecule has 2 unspecified atom stereocenters. The van der Waals surface area contributed by atoms with Gasteiger partial charge in [0.2, 0.25) is 5.91 Å². The van der Waals surface area contributed by atoms with Crippen LogP contribution in [0.4, 0.5) is 4.79 Å². The lowest BCUT2D eigenvalue weighted by atomic mass is 10.1. The molecular weight excluding hydrogens is 386 g/mol. The molecule has 6 N–H and O–H groups in total. The molecule has 0 aliphatic heterocycles. The van der Waals surface area contributed by atoms with Crippen LogP contribution in [0.25, 0.3) is 0 Å². The fraction of sp³-hybridized carbons (Fsp3) is 0.722. The van der Waals surface area contributed by atoms with E-state index < -0.39 is 42.4 Å². The van der Waals surface area contributed by atoms with Crippen LogP contribution in [0.3, 0.4) is 0 Å². The average molecular weight is 417 g/mol. The van der Waals surface area contributed by atoms with Crippen LogP contribution in [0.15, 0.2) is 0 Å². The van der Waals surface area contributed by atoms with E-state index >= 15 is 0 Å². The van der Waals surface area contributed by atoms with Gasteiger partial charge in [0.25, 0.3) is 0 Å². The molecule has 0 spiro atoms. The van der Waals surface area contributed by atoms with Crippen LogP contribution in [0.5, 0.6) is 0 Å². The third-order valence-corrected chi connectivity index (χ3v) is 4.10. The van der Waals surface area contributed by atoms with E-state index in [0.29, 0.717) is 25.8 Å². The third-order valence-electron chi connectivity index (χ3n) is 4.10. The highest BCUT2D eigenvalue weighted by Gasteiger charge is 2.24. The second-order valence-corrected chi connectivity index (χ2v) is 6.63. The molecule has 11 heteroatoms. The van der Waals surface area contributed by atoms with Gasteiger partial charge in [0.1, 0.15) is 12.1 Å². The fourth-order valence-electron chi connectivity index (χ4n) is 2.47. The Hall–Kier alpha value is -2.85. The van der Waals surface area contributed by atoms with Crippen LogP contribution in [-0.4, -0.2) is 63.8 Å². The lowest BCUT2D eigenvalue weighted by molar-refractivity contribution is -0.140. The summed E-state index contributed by atoms with van der Waals surface area (Å²) in [6.45, 7) is 2.45. The Morgan fingerprint density at radius 3 is 1.86 bits per heavy atom. The molecule has 0 saturated heterocycles. The van der Waals surface area contributed by atoms with E-state index in [1.165, 1.54) is 0 Å². The summed E-state index contributed by atoms with van der Waals surface area (Å²) >= 11 is 0. The van der Waals surface area contributed by atoms with Gasteiger partial charge >= 0.3 is 23.9 Å². The SMILES string of the molecule is CCCCCC(=O)NCCCCC(NC(=O)NC(CCC(=O)O)C(=O)O)C(=O)O. The molecule has 0 saturated carbocycles. The number of hydrogen-bond donors (Lipinski definition) is 6. The van der Waals surface area contributed by atoms with Gasteiger partial charge in [-0.25, -0.2) is 14.4 Å². The molecule has 0 aromatic carbocycles. The molecule has 0 aliphatic carbocycles. The smallest absolute Gasteiger partial charge is 0.326 e. The summed E-state index contributed by atoms with van der Waals surface area (Å²) in [5.41, 5.74) is 0. The number of urea groups is 1. The van der Waals surface area contributed by atoms with Crippen LogP contribution in [0.1, 0.15) is 64.7 Å². The van der Waals surface area contributed by atoms with Crippen molar-refractivity contribution in [1.29, 1.82) is 0 Å². The highest BCUT2D eigenvalue weighted by molar-refractivity contribution is 5.86. The number of carbonyl (C=O) groups excluding carboxylic acids is 2. The highest BCUT2D eigenvalue weighted by atomic mass is 16.4. The number of aliphatic carboxylic acids is 3. The average Bonchev–Trinajstić information content (AvgIpc) is 2.63. The zero-order valence-electron chi connectivity index (χ0n) is 16.6. The largest absolute Gasteiger partial charge is 0.481 e. The Kier molecular flexibility index (Phi) is 13.6. The van der Waals surface area contributed by atoms with E-state index in [9.17, 15) is 29.1 Å². The van der Waals surface area contributed by atoms with Crippen molar-refractivity contribution in [1.82, 2.24) is 16.0 Å². The van der Waals surface area contributed by atoms with Gasteiger partial charge in [-0.2, -0.15) is 0 Å². The van der Waals surface area contributed by atoms with Gasteiger partial charge < -0.3 is 31.3 Å². The predicted molar refractivity (Wildman–Crippen MR) is 102 cm³/mol. The van der Waals surface area contributed by atoms with Crippen molar-refractivity contribution in [3.8, 4) is 0 Å². The summed E-state index contributed by atoms with van der Waals surface area (Å²) in [5.74, 6) is -3.95. The third kappa shape index (κ3) is 13.9. The fourth-order valence-corrected chi connectivity index (χ4v) is 2.47. The highest BCUT2D eigenvalue weighted by Crippen LogP contribution is 2.03. The van der Waals surface area contributed by atoms with E-state index in [1.807, 2.05) is 6.92 Å². The molecule has 0 aromatic rings. The summed E-state index contributed by atoms with van der Waals surface area (Å²) < 4.78 is 0.